The summed E-state index contributed by atoms with van der Waals surface area (Å²) in [6, 6.07) is 6.72. The van der Waals surface area contributed by atoms with Crippen LogP contribution in [0.3, 0.4) is 0 Å². The summed E-state index contributed by atoms with van der Waals surface area (Å²) in [6.07, 6.45) is 1.93. The predicted octanol–water partition coefficient (Wildman–Crippen LogP) is 2.50. The molecule has 0 saturated heterocycles. The molecule has 1 heterocycles. The molecule has 1 amide bonds. The van der Waals surface area contributed by atoms with E-state index in [0.29, 0.717) is 0 Å². The van der Waals surface area contributed by atoms with Crippen LogP contribution in [0.1, 0.15) is 18.1 Å². The van der Waals surface area contributed by atoms with E-state index in [-0.39, 0.29) is 11.9 Å². The second kappa shape index (κ2) is 3.59. The molecule has 0 saturated carbocycles. The van der Waals surface area contributed by atoms with E-state index in [1.165, 1.54) is 21.2 Å². The van der Waals surface area contributed by atoms with Gasteiger partial charge in [0, 0.05) is 17.7 Å². The molecule has 1 unspecified atom stereocenters. The average Bonchev–Trinajstić information content (AvgIpc) is 2.62. The fourth-order valence-electron chi connectivity index (χ4n) is 2.55. The topological polar surface area (TPSA) is 29.1 Å². The highest BCUT2D eigenvalue weighted by atomic mass is 32.1. The minimum Gasteiger partial charge on any atom is -0.353 e. The van der Waals surface area contributed by atoms with Crippen LogP contribution in [0.25, 0.3) is 10.1 Å². The maximum Gasteiger partial charge on any atom is 0.217 e. The van der Waals surface area contributed by atoms with Crippen LogP contribution in [-0.4, -0.2) is 11.9 Å². The van der Waals surface area contributed by atoms with Crippen LogP contribution in [0.15, 0.2) is 23.6 Å². The summed E-state index contributed by atoms with van der Waals surface area (Å²) in [4.78, 5) is 11.1. The Labute approximate surface area is 98.3 Å². The smallest absolute Gasteiger partial charge is 0.217 e. The first-order valence-corrected chi connectivity index (χ1v) is 6.37. The molecule has 1 aromatic carbocycles. The van der Waals surface area contributed by atoms with E-state index >= 15 is 0 Å². The Balaban J connectivity index is 2.03. The van der Waals surface area contributed by atoms with Gasteiger partial charge in [-0.3, -0.25) is 4.79 Å². The van der Waals surface area contributed by atoms with Gasteiger partial charge >= 0.3 is 0 Å². The summed E-state index contributed by atoms with van der Waals surface area (Å²) in [7, 11) is 0. The van der Waals surface area contributed by atoms with Crippen molar-refractivity contribution in [3.05, 3.63) is 34.7 Å². The van der Waals surface area contributed by atoms with Crippen molar-refractivity contribution in [1.82, 2.24) is 5.32 Å². The van der Waals surface area contributed by atoms with Crippen molar-refractivity contribution >= 4 is 27.3 Å². The summed E-state index contributed by atoms with van der Waals surface area (Å²) in [5.41, 5.74) is 2.76. The molecule has 1 aromatic heterocycles. The number of thiophene rings is 1. The van der Waals surface area contributed by atoms with Crippen molar-refractivity contribution in [3.8, 4) is 0 Å². The van der Waals surface area contributed by atoms with Gasteiger partial charge < -0.3 is 5.32 Å². The molecule has 1 N–H and O–H groups in total. The number of carbonyl (C=O) groups is 1. The zero-order chi connectivity index (χ0) is 11.1. The molecule has 1 aliphatic rings. The molecule has 0 aliphatic heterocycles. The molecular weight excluding hydrogens is 218 g/mol. The van der Waals surface area contributed by atoms with Crippen LogP contribution in [0.4, 0.5) is 0 Å². The summed E-state index contributed by atoms with van der Waals surface area (Å²) in [6.45, 7) is 1.59. The third-order valence-electron chi connectivity index (χ3n) is 3.10. The molecule has 1 atom stereocenters. The largest absolute Gasteiger partial charge is 0.353 e. The van der Waals surface area contributed by atoms with Gasteiger partial charge in [-0.2, -0.15) is 0 Å². The van der Waals surface area contributed by atoms with Crippen molar-refractivity contribution in [1.29, 1.82) is 0 Å². The number of nitrogens with one attached hydrogen (secondary N) is 1. The molecule has 16 heavy (non-hydrogen) atoms. The minimum absolute atomic E-state index is 0.0656. The van der Waals surface area contributed by atoms with E-state index in [1.807, 2.05) is 0 Å². The Morgan fingerprint density at radius 2 is 2.19 bits per heavy atom. The summed E-state index contributed by atoms with van der Waals surface area (Å²) in [5.74, 6) is 0.0656. The molecule has 1 aliphatic carbocycles. The fourth-order valence-corrected chi connectivity index (χ4v) is 3.57. The zero-order valence-corrected chi connectivity index (χ0v) is 9.93. The summed E-state index contributed by atoms with van der Waals surface area (Å²) < 4.78 is 1.37. The number of carbonyl (C=O) groups excluding carboxylic acids is 1. The Kier molecular flexibility index (Phi) is 2.21. The lowest BCUT2D eigenvalue weighted by atomic mass is 9.89. The number of hydrogen-bond donors (Lipinski definition) is 1. The van der Waals surface area contributed by atoms with Crippen LogP contribution in [0, 0.1) is 0 Å². The second-order valence-electron chi connectivity index (χ2n) is 4.36. The van der Waals surface area contributed by atoms with Crippen LogP contribution < -0.4 is 5.32 Å². The molecule has 82 valence electrons. The number of hydrogen-bond acceptors (Lipinski definition) is 2. The Morgan fingerprint density at radius 1 is 1.38 bits per heavy atom. The monoisotopic (exact) mass is 231 g/mol. The lowest BCUT2D eigenvalue weighted by Crippen LogP contribution is -2.37. The van der Waals surface area contributed by atoms with Crippen molar-refractivity contribution in [2.24, 2.45) is 0 Å². The maximum absolute atomic E-state index is 11.1. The van der Waals surface area contributed by atoms with Crippen LogP contribution in [-0.2, 0) is 17.6 Å². The summed E-state index contributed by atoms with van der Waals surface area (Å²) in [5, 5.41) is 6.67. The highest BCUT2D eigenvalue weighted by Crippen LogP contribution is 2.34. The number of amides is 1. The minimum atomic E-state index is 0.0656. The van der Waals surface area contributed by atoms with E-state index in [1.54, 1.807) is 18.3 Å². The molecule has 0 spiro atoms. The van der Waals surface area contributed by atoms with Crippen molar-refractivity contribution in [2.45, 2.75) is 25.8 Å². The lowest BCUT2D eigenvalue weighted by Gasteiger charge is -2.23. The number of rotatable bonds is 1. The SMILES string of the molecule is CC(=O)NC1Cc2cccc3scc(c23)C1. The average molecular weight is 231 g/mol. The van der Waals surface area contributed by atoms with Gasteiger partial charge in [0.25, 0.3) is 0 Å². The lowest BCUT2D eigenvalue weighted by molar-refractivity contribution is -0.119. The van der Waals surface area contributed by atoms with Crippen molar-refractivity contribution in [2.75, 3.05) is 0 Å². The van der Waals surface area contributed by atoms with Gasteiger partial charge in [0.05, 0.1) is 0 Å². The van der Waals surface area contributed by atoms with E-state index < -0.39 is 0 Å². The van der Waals surface area contributed by atoms with Crippen molar-refractivity contribution < 1.29 is 4.79 Å². The fraction of sp³-hybridized carbons (Fsp3) is 0.308. The Hall–Kier alpha value is -1.35. The highest BCUT2D eigenvalue weighted by molar-refractivity contribution is 7.17. The molecular formula is C13H13NOS. The molecule has 0 radical (unpaired) electrons. The third-order valence-corrected chi connectivity index (χ3v) is 4.10. The van der Waals surface area contributed by atoms with Crippen LogP contribution in [0.5, 0.6) is 0 Å². The highest BCUT2D eigenvalue weighted by Gasteiger charge is 2.21. The van der Waals surface area contributed by atoms with Crippen LogP contribution in [0.2, 0.25) is 0 Å². The Bertz CT molecular complexity index is 558. The Morgan fingerprint density at radius 3 is 3.00 bits per heavy atom. The molecule has 2 aromatic rings. The normalized spacial score (nSPS) is 18.7. The molecule has 3 rings (SSSR count). The maximum atomic E-state index is 11.1. The van der Waals surface area contributed by atoms with E-state index in [2.05, 4.69) is 28.9 Å². The van der Waals surface area contributed by atoms with Gasteiger partial charge in [0.1, 0.15) is 0 Å². The quantitative estimate of drug-likeness (QED) is 0.802. The third kappa shape index (κ3) is 1.52. The van der Waals surface area contributed by atoms with Gasteiger partial charge in [0.15, 0.2) is 0 Å². The van der Waals surface area contributed by atoms with Gasteiger partial charge in [0.2, 0.25) is 5.91 Å². The first kappa shape index (κ1) is 9.85. The number of benzene rings is 1. The van der Waals surface area contributed by atoms with E-state index in [0.717, 1.165) is 12.8 Å². The molecule has 2 nitrogen and oxygen atoms in total. The van der Waals surface area contributed by atoms with Gasteiger partial charge in [-0.05, 0) is 40.8 Å². The molecule has 3 heteroatoms. The van der Waals surface area contributed by atoms with E-state index in [4.69, 9.17) is 0 Å². The van der Waals surface area contributed by atoms with E-state index in [9.17, 15) is 4.79 Å². The first-order valence-electron chi connectivity index (χ1n) is 5.49. The zero-order valence-electron chi connectivity index (χ0n) is 9.12. The molecule has 0 bridgehead atoms. The van der Waals surface area contributed by atoms with Crippen molar-refractivity contribution in [3.63, 3.8) is 0 Å². The summed E-state index contributed by atoms with van der Waals surface area (Å²) >= 11 is 1.80. The van der Waals surface area contributed by atoms with Crippen LogP contribution >= 0.6 is 11.3 Å². The standard InChI is InChI=1S/C13H13NOS/c1-8(15)14-11-5-9-3-2-4-12-13(9)10(6-11)7-16-12/h2-4,7,11H,5-6H2,1H3,(H,14,15). The first-order chi connectivity index (χ1) is 7.74. The van der Waals surface area contributed by atoms with Gasteiger partial charge in [-0.25, -0.2) is 0 Å². The van der Waals surface area contributed by atoms with Gasteiger partial charge in [-0.15, -0.1) is 11.3 Å². The predicted molar refractivity (Wildman–Crippen MR) is 66.8 cm³/mol. The molecule has 0 fully saturated rings. The second-order valence-corrected chi connectivity index (χ2v) is 5.27. The van der Waals surface area contributed by atoms with Gasteiger partial charge in [-0.1, -0.05) is 12.1 Å².